The average molecular weight is 819 g/mol. The number of nitrogens with zero attached hydrogens (tertiary/aromatic N) is 2. The van der Waals surface area contributed by atoms with Gasteiger partial charge < -0.3 is 34.0 Å². The molecule has 1 saturated carbocycles. The minimum Gasteiger partial charge on any atom is -0.459 e. The zero-order valence-electron chi connectivity index (χ0n) is 32.8. The van der Waals surface area contributed by atoms with E-state index in [4.69, 9.17) is 35.4 Å². The van der Waals surface area contributed by atoms with Crippen LogP contribution >= 0.6 is 11.6 Å². The third-order valence-corrected chi connectivity index (χ3v) is 11.4. The summed E-state index contributed by atoms with van der Waals surface area (Å²) in [6.07, 6.45) is 8.47. The van der Waals surface area contributed by atoms with Crippen LogP contribution in [0.3, 0.4) is 0 Å². The molecule has 310 valence electrons. The topological polar surface area (TPSA) is 136 Å². The van der Waals surface area contributed by atoms with Gasteiger partial charge in [0.25, 0.3) is 0 Å². The van der Waals surface area contributed by atoms with Crippen LogP contribution in [0.2, 0.25) is 0 Å². The Kier molecular flexibility index (Phi) is 15.0. The van der Waals surface area contributed by atoms with Gasteiger partial charge in [0.05, 0.1) is 24.1 Å². The Balaban J connectivity index is 1.59. The number of aliphatic hydroxyl groups excluding tert-OH is 2. The minimum atomic E-state index is -1.53. The summed E-state index contributed by atoms with van der Waals surface area (Å²) in [5, 5.41) is 24.3. The third kappa shape index (κ3) is 9.41. The summed E-state index contributed by atoms with van der Waals surface area (Å²) in [5.74, 6) is -1.15. The van der Waals surface area contributed by atoms with Gasteiger partial charge in [-0.3, -0.25) is 9.69 Å². The van der Waals surface area contributed by atoms with Crippen molar-refractivity contribution in [2.24, 2.45) is 22.9 Å². The molecule has 1 heterocycles. The zero-order chi connectivity index (χ0) is 41.1. The van der Waals surface area contributed by atoms with Gasteiger partial charge in [-0.1, -0.05) is 54.4 Å². The van der Waals surface area contributed by atoms with Crippen molar-refractivity contribution >= 4 is 29.7 Å². The molecule has 1 aliphatic heterocycles. The standard InChI is InChI=1S/C45H52ClFN2O9/c1-3-22-56-45-41(49(44(53)55-23-19-46)28-30-13-15-33(47)16-14-30)27-39(48-54-2)37-25-32(10-4-6-20-50)36(12-5-7-21-51)42(43(37)45)38-26-35(17-18-40(38)58-45)57-34-11-8-9-31(24-34)29-52/h3,8-9,11,13-18,24-26,29,32,36,41-43,50-51H,1,4-7,10,12,19-23,27-28H2,2H3. The predicted molar refractivity (Wildman–Crippen MR) is 218 cm³/mol. The van der Waals surface area contributed by atoms with E-state index in [1.807, 2.05) is 12.1 Å². The largest absolute Gasteiger partial charge is 0.459 e. The fraction of sp³-hybridized carbons (Fsp3) is 0.444. The summed E-state index contributed by atoms with van der Waals surface area (Å²) >= 11 is 6.02. The number of oxime groups is 1. The smallest absolute Gasteiger partial charge is 0.410 e. The molecule has 0 aromatic heterocycles. The highest BCUT2D eigenvalue weighted by molar-refractivity contribution is 6.18. The number of fused-ring (bicyclic) bond motifs is 2. The van der Waals surface area contributed by atoms with Crippen LogP contribution < -0.4 is 9.47 Å². The number of halogens is 2. The monoisotopic (exact) mass is 818 g/mol. The van der Waals surface area contributed by atoms with Gasteiger partial charge in [-0.25, -0.2) is 9.18 Å². The summed E-state index contributed by atoms with van der Waals surface area (Å²) in [5.41, 5.74) is 3.47. The molecule has 0 saturated heterocycles. The molecular formula is C45H52ClFN2O9. The lowest BCUT2D eigenvalue weighted by molar-refractivity contribution is -0.256. The van der Waals surface area contributed by atoms with E-state index < -0.39 is 29.7 Å². The van der Waals surface area contributed by atoms with Gasteiger partial charge in [-0.05, 0) is 91.1 Å². The molecule has 58 heavy (non-hydrogen) atoms. The second kappa shape index (κ2) is 20.3. The summed E-state index contributed by atoms with van der Waals surface area (Å²) < 4.78 is 40.4. The van der Waals surface area contributed by atoms with Crippen molar-refractivity contribution in [3.8, 4) is 17.2 Å². The number of hydrogen-bond acceptors (Lipinski definition) is 10. The Hall–Kier alpha value is -4.75. The number of aldehydes is 1. The number of hydrogen-bond donors (Lipinski definition) is 2. The number of ether oxygens (including phenoxy) is 4. The maximum atomic E-state index is 14.3. The van der Waals surface area contributed by atoms with Crippen molar-refractivity contribution in [2.45, 2.75) is 69.2 Å². The second-order valence-electron chi connectivity index (χ2n) is 14.8. The number of rotatable bonds is 20. The second-order valence-corrected chi connectivity index (χ2v) is 15.2. The molecule has 2 N–H and O–H groups in total. The lowest BCUT2D eigenvalue weighted by atomic mass is 9.55. The molecular weight excluding hydrogens is 767 g/mol. The number of allylic oxidation sites excluding steroid dienone is 1. The third-order valence-electron chi connectivity index (χ3n) is 11.3. The first-order chi connectivity index (χ1) is 28.3. The Morgan fingerprint density at radius 2 is 1.81 bits per heavy atom. The van der Waals surface area contributed by atoms with Gasteiger partial charge in [-0.2, -0.15) is 0 Å². The van der Waals surface area contributed by atoms with Crippen molar-refractivity contribution in [1.82, 2.24) is 4.90 Å². The minimum absolute atomic E-state index is 0.0155. The predicted octanol–water partition coefficient (Wildman–Crippen LogP) is 8.57. The molecule has 6 unspecified atom stereocenters. The van der Waals surface area contributed by atoms with E-state index in [-0.39, 0.29) is 63.0 Å². The zero-order valence-corrected chi connectivity index (χ0v) is 33.5. The first kappa shape index (κ1) is 42.8. The maximum absolute atomic E-state index is 14.3. The van der Waals surface area contributed by atoms with E-state index in [1.54, 1.807) is 53.4 Å². The summed E-state index contributed by atoms with van der Waals surface area (Å²) in [4.78, 5) is 33.0. The molecule has 1 amide bonds. The van der Waals surface area contributed by atoms with Crippen LogP contribution in [0.15, 0.2) is 96.2 Å². The first-order valence-electron chi connectivity index (χ1n) is 19.9. The van der Waals surface area contributed by atoms with Crippen LogP contribution in [-0.2, 0) is 20.9 Å². The fourth-order valence-electron chi connectivity index (χ4n) is 8.91. The van der Waals surface area contributed by atoms with Crippen molar-refractivity contribution in [3.63, 3.8) is 0 Å². The van der Waals surface area contributed by atoms with Crippen LogP contribution in [-0.4, -0.2) is 84.5 Å². The molecule has 6 atom stereocenters. The molecule has 2 aliphatic carbocycles. The number of carbonyl (C=O) groups is 2. The fourth-order valence-corrected chi connectivity index (χ4v) is 8.98. The van der Waals surface area contributed by atoms with Crippen LogP contribution in [0.5, 0.6) is 17.2 Å². The molecule has 11 nitrogen and oxygen atoms in total. The molecule has 0 radical (unpaired) electrons. The Morgan fingerprint density at radius 1 is 1.05 bits per heavy atom. The van der Waals surface area contributed by atoms with E-state index in [1.165, 1.54) is 19.2 Å². The van der Waals surface area contributed by atoms with Crippen LogP contribution in [0.1, 0.15) is 72.3 Å². The first-order valence-corrected chi connectivity index (χ1v) is 20.4. The molecule has 6 rings (SSSR count). The number of amides is 1. The molecule has 0 bridgehead atoms. The number of carbonyl (C=O) groups excluding carboxylic acids is 2. The van der Waals surface area contributed by atoms with Crippen LogP contribution in [0, 0.1) is 23.6 Å². The van der Waals surface area contributed by atoms with Gasteiger partial charge >= 0.3 is 6.09 Å². The van der Waals surface area contributed by atoms with Gasteiger partial charge in [0.15, 0.2) is 0 Å². The summed E-state index contributed by atoms with van der Waals surface area (Å²) in [7, 11) is 1.48. The number of benzene rings is 3. The molecule has 3 aliphatic rings. The van der Waals surface area contributed by atoms with Crippen LogP contribution in [0.4, 0.5) is 9.18 Å². The molecule has 1 fully saturated rings. The van der Waals surface area contributed by atoms with E-state index >= 15 is 0 Å². The Labute approximate surface area is 344 Å². The lowest BCUT2D eigenvalue weighted by Gasteiger charge is -2.59. The van der Waals surface area contributed by atoms with Gasteiger partial charge in [0, 0.05) is 43.2 Å². The quantitative estimate of drug-likeness (QED) is 0.0378. The molecule has 0 spiro atoms. The molecule has 3 aromatic rings. The molecule has 13 heteroatoms. The van der Waals surface area contributed by atoms with Crippen molar-refractivity contribution in [1.29, 1.82) is 0 Å². The summed E-state index contributed by atoms with van der Waals surface area (Å²) in [6.45, 7) is 4.14. The van der Waals surface area contributed by atoms with E-state index in [0.29, 0.717) is 46.9 Å². The van der Waals surface area contributed by atoms with Crippen LogP contribution in [0.25, 0.3) is 0 Å². The highest BCUT2D eigenvalue weighted by Crippen LogP contribution is 2.62. The average Bonchev–Trinajstić information content (AvgIpc) is 3.23. The highest BCUT2D eigenvalue weighted by Gasteiger charge is 2.65. The van der Waals surface area contributed by atoms with E-state index in [2.05, 4.69) is 17.8 Å². The maximum Gasteiger partial charge on any atom is 0.410 e. The summed E-state index contributed by atoms with van der Waals surface area (Å²) in [6, 6.07) is 17.6. The highest BCUT2D eigenvalue weighted by atomic mass is 35.5. The lowest BCUT2D eigenvalue weighted by Crippen LogP contribution is -2.70. The SMILES string of the molecule is C=CCOC12Oc3ccc(Oc4cccc(C=O)c4)cc3C3C(CCCCO)C(CCCCO)C=C(C(=NOC)CC1N(Cc1ccc(F)cc1)C(=O)OCCCl)C32. The van der Waals surface area contributed by atoms with Crippen molar-refractivity contribution in [3.05, 3.63) is 114 Å². The van der Waals surface area contributed by atoms with Crippen molar-refractivity contribution in [2.75, 3.05) is 39.4 Å². The number of aliphatic hydroxyl groups is 2. The number of alkyl halides is 1. The molecule has 3 aromatic carbocycles. The Morgan fingerprint density at radius 3 is 2.52 bits per heavy atom. The normalized spacial score (nSPS) is 23.8. The van der Waals surface area contributed by atoms with Gasteiger partial charge in [-0.15, -0.1) is 18.2 Å². The Bertz CT molecular complexity index is 1940. The van der Waals surface area contributed by atoms with Gasteiger partial charge in [0.2, 0.25) is 5.79 Å². The van der Waals surface area contributed by atoms with Crippen molar-refractivity contribution < 1.29 is 48.0 Å². The van der Waals surface area contributed by atoms with E-state index in [9.17, 15) is 24.2 Å². The van der Waals surface area contributed by atoms with E-state index in [0.717, 1.165) is 43.1 Å². The van der Waals surface area contributed by atoms with Gasteiger partial charge in [0.1, 0.15) is 49.1 Å². The number of unbranched alkanes of at least 4 members (excludes halogenated alkanes) is 2.